The van der Waals surface area contributed by atoms with Crippen molar-refractivity contribution in [1.82, 2.24) is 0 Å². The van der Waals surface area contributed by atoms with Gasteiger partial charge in [0, 0.05) is 23.6 Å². The van der Waals surface area contributed by atoms with Gasteiger partial charge in [-0.1, -0.05) is 35.3 Å². The summed E-state index contributed by atoms with van der Waals surface area (Å²) in [6.45, 7) is 0. The zero-order chi connectivity index (χ0) is 16.8. The summed E-state index contributed by atoms with van der Waals surface area (Å²) in [6.07, 6.45) is 0. The zero-order valence-corrected chi connectivity index (χ0v) is 14.1. The molecular formula is C15H12Cl2N2O3S. The Hall–Kier alpha value is -1.76. The molecule has 0 heterocycles. The van der Waals surface area contributed by atoms with Gasteiger partial charge in [-0.25, -0.2) is 0 Å². The van der Waals surface area contributed by atoms with Crippen molar-refractivity contribution in [3.63, 3.8) is 0 Å². The summed E-state index contributed by atoms with van der Waals surface area (Å²) in [5.41, 5.74) is 1.30. The molecular weight excluding hydrogens is 359 g/mol. The molecule has 0 spiro atoms. The molecule has 23 heavy (non-hydrogen) atoms. The highest BCUT2D eigenvalue weighted by Gasteiger charge is 2.08. The minimum Gasteiger partial charge on any atom is -0.325 e. The van der Waals surface area contributed by atoms with Gasteiger partial charge >= 0.3 is 0 Å². The highest BCUT2D eigenvalue weighted by Crippen LogP contribution is 2.24. The topological polar surface area (TPSA) is 72.2 Å². The molecule has 0 bridgehead atoms. The number of non-ortho nitro benzene ring substituents is 1. The second-order valence-corrected chi connectivity index (χ2v) is 6.40. The van der Waals surface area contributed by atoms with Crippen molar-refractivity contribution in [2.75, 3.05) is 11.1 Å². The van der Waals surface area contributed by atoms with E-state index < -0.39 is 4.92 Å². The second-order valence-electron chi connectivity index (χ2n) is 4.60. The number of nitrogens with one attached hydrogen (secondary N) is 1. The first-order chi connectivity index (χ1) is 11.0. The number of nitro benzene ring substituents is 1. The number of amides is 1. The number of hydrogen-bond donors (Lipinski definition) is 1. The highest BCUT2D eigenvalue weighted by molar-refractivity contribution is 7.99. The van der Waals surface area contributed by atoms with E-state index >= 15 is 0 Å². The van der Waals surface area contributed by atoms with Crippen molar-refractivity contribution in [2.24, 2.45) is 0 Å². The molecule has 0 fully saturated rings. The lowest BCUT2D eigenvalue weighted by molar-refractivity contribution is -0.384. The molecule has 0 saturated heterocycles. The van der Waals surface area contributed by atoms with Crippen LogP contribution in [0, 0.1) is 10.1 Å². The van der Waals surface area contributed by atoms with Crippen LogP contribution in [0.1, 0.15) is 5.56 Å². The van der Waals surface area contributed by atoms with E-state index in [0.29, 0.717) is 21.5 Å². The monoisotopic (exact) mass is 370 g/mol. The number of nitrogens with zero attached hydrogens (tertiary/aromatic N) is 1. The lowest BCUT2D eigenvalue weighted by atomic mass is 10.2. The predicted octanol–water partition coefficient (Wildman–Crippen LogP) is 4.77. The molecule has 0 unspecified atom stereocenters. The van der Waals surface area contributed by atoms with Crippen LogP contribution in [0.25, 0.3) is 0 Å². The number of anilines is 1. The molecule has 0 aliphatic carbocycles. The first-order valence-corrected chi connectivity index (χ1v) is 8.43. The van der Waals surface area contributed by atoms with Crippen molar-refractivity contribution in [3.05, 3.63) is 68.2 Å². The van der Waals surface area contributed by atoms with E-state index in [-0.39, 0.29) is 17.3 Å². The third-order valence-electron chi connectivity index (χ3n) is 2.83. The quantitative estimate of drug-likeness (QED) is 0.586. The van der Waals surface area contributed by atoms with Gasteiger partial charge in [0.1, 0.15) is 0 Å². The lowest BCUT2D eigenvalue weighted by Gasteiger charge is -2.06. The van der Waals surface area contributed by atoms with Crippen LogP contribution in [0.3, 0.4) is 0 Å². The van der Waals surface area contributed by atoms with Crippen LogP contribution < -0.4 is 5.32 Å². The lowest BCUT2D eigenvalue weighted by Crippen LogP contribution is -2.14. The average molecular weight is 371 g/mol. The number of hydrogen-bond acceptors (Lipinski definition) is 4. The Morgan fingerprint density at radius 2 is 1.96 bits per heavy atom. The maximum Gasteiger partial charge on any atom is 0.271 e. The summed E-state index contributed by atoms with van der Waals surface area (Å²) in [5, 5.41) is 14.3. The van der Waals surface area contributed by atoms with E-state index in [1.54, 1.807) is 18.2 Å². The van der Waals surface area contributed by atoms with Gasteiger partial charge in [-0.15, -0.1) is 11.8 Å². The maximum atomic E-state index is 11.9. The average Bonchev–Trinajstić information content (AvgIpc) is 2.51. The third-order valence-corrected chi connectivity index (χ3v) is 4.57. The molecule has 0 aromatic heterocycles. The standard InChI is InChI=1S/C15H12Cl2N2O3S/c16-13-5-4-10(6-14(13)17)8-23-9-15(20)18-11-2-1-3-12(7-11)19(21)22/h1-7H,8-9H2,(H,18,20). The number of nitro groups is 1. The largest absolute Gasteiger partial charge is 0.325 e. The van der Waals surface area contributed by atoms with E-state index in [1.165, 1.54) is 30.0 Å². The number of carbonyl (C=O) groups excluding carboxylic acids is 1. The molecule has 1 N–H and O–H groups in total. The Morgan fingerprint density at radius 3 is 2.65 bits per heavy atom. The van der Waals surface area contributed by atoms with Crippen LogP contribution in [0.4, 0.5) is 11.4 Å². The van der Waals surface area contributed by atoms with Crippen molar-refractivity contribution in [1.29, 1.82) is 0 Å². The molecule has 0 radical (unpaired) electrons. The molecule has 0 atom stereocenters. The van der Waals surface area contributed by atoms with Gasteiger partial charge in [-0.3, -0.25) is 14.9 Å². The summed E-state index contributed by atoms with van der Waals surface area (Å²) in [6, 6.07) is 11.1. The maximum absolute atomic E-state index is 11.9. The minimum absolute atomic E-state index is 0.0636. The van der Waals surface area contributed by atoms with Crippen LogP contribution in [-0.2, 0) is 10.5 Å². The number of carbonyl (C=O) groups is 1. The van der Waals surface area contributed by atoms with Crippen molar-refractivity contribution < 1.29 is 9.72 Å². The Morgan fingerprint density at radius 1 is 1.17 bits per heavy atom. The molecule has 2 aromatic rings. The van der Waals surface area contributed by atoms with Gasteiger partial charge in [-0.05, 0) is 23.8 Å². The van der Waals surface area contributed by atoms with Crippen LogP contribution >= 0.6 is 35.0 Å². The summed E-state index contributed by atoms with van der Waals surface area (Å²) < 4.78 is 0. The van der Waals surface area contributed by atoms with E-state index in [2.05, 4.69) is 5.32 Å². The third kappa shape index (κ3) is 5.42. The van der Waals surface area contributed by atoms with Crippen LogP contribution in [0.5, 0.6) is 0 Å². The van der Waals surface area contributed by atoms with Gasteiger partial charge in [-0.2, -0.15) is 0 Å². The zero-order valence-electron chi connectivity index (χ0n) is 11.8. The first-order valence-electron chi connectivity index (χ1n) is 6.51. The molecule has 0 aliphatic rings. The Kier molecular flexibility index (Phi) is 6.27. The van der Waals surface area contributed by atoms with Crippen molar-refractivity contribution in [3.8, 4) is 0 Å². The van der Waals surface area contributed by atoms with E-state index in [0.717, 1.165) is 5.56 Å². The fraction of sp³-hybridized carbons (Fsp3) is 0.133. The normalized spacial score (nSPS) is 10.3. The van der Waals surface area contributed by atoms with Crippen LogP contribution in [-0.4, -0.2) is 16.6 Å². The van der Waals surface area contributed by atoms with Gasteiger partial charge in [0.2, 0.25) is 5.91 Å². The molecule has 2 rings (SSSR count). The van der Waals surface area contributed by atoms with E-state index in [9.17, 15) is 14.9 Å². The van der Waals surface area contributed by atoms with E-state index in [4.69, 9.17) is 23.2 Å². The Balaban J connectivity index is 1.84. The highest BCUT2D eigenvalue weighted by atomic mass is 35.5. The van der Waals surface area contributed by atoms with Gasteiger partial charge in [0.05, 0.1) is 20.7 Å². The molecule has 8 heteroatoms. The van der Waals surface area contributed by atoms with Crippen LogP contribution in [0.2, 0.25) is 10.0 Å². The fourth-order valence-corrected chi connectivity index (χ4v) is 2.88. The van der Waals surface area contributed by atoms with Crippen molar-refractivity contribution in [2.45, 2.75) is 5.75 Å². The number of rotatable bonds is 6. The molecule has 5 nitrogen and oxygen atoms in total. The smallest absolute Gasteiger partial charge is 0.271 e. The van der Waals surface area contributed by atoms with E-state index in [1.807, 2.05) is 6.07 Å². The first kappa shape index (κ1) is 17.6. The van der Waals surface area contributed by atoms with Gasteiger partial charge in [0.15, 0.2) is 0 Å². The molecule has 1 amide bonds. The molecule has 0 saturated carbocycles. The Labute approximate surface area is 147 Å². The second kappa shape index (κ2) is 8.19. The van der Waals surface area contributed by atoms with Crippen molar-refractivity contribution >= 4 is 52.2 Å². The SMILES string of the molecule is O=C(CSCc1ccc(Cl)c(Cl)c1)Nc1cccc([N+](=O)[O-])c1. The minimum atomic E-state index is -0.505. The number of thioether (sulfide) groups is 1. The van der Waals surface area contributed by atoms with Gasteiger partial charge in [0.25, 0.3) is 5.69 Å². The summed E-state index contributed by atoms with van der Waals surface area (Å²) >= 11 is 13.2. The molecule has 2 aromatic carbocycles. The molecule has 120 valence electrons. The Bertz CT molecular complexity index is 740. The number of halogens is 2. The predicted molar refractivity (Wildman–Crippen MR) is 94.4 cm³/mol. The summed E-state index contributed by atoms with van der Waals surface area (Å²) in [7, 11) is 0. The summed E-state index contributed by atoms with van der Waals surface area (Å²) in [4.78, 5) is 22.0. The fourth-order valence-electron chi connectivity index (χ4n) is 1.79. The number of benzene rings is 2. The van der Waals surface area contributed by atoms with Gasteiger partial charge < -0.3 is 5.32 Å². The summed E-state index contributed by atoms with van der Waals surface area (Å²) in [5.74, 6) is 0.609. The van der Waals surface area contributed by atoms with Crippen LogP contribution in [0.15, 0.2) is 42.5 Å². The molecule has 0 aliphatic heterocycles.